The maximum atomic E-state index is 10.2. The predicted octanol–water partition coefficient (Wildman–Crippen LogP) is -0.340. The molecule has 2 N–H and O–H groups in total. The quantitative estimate of drug-likeness (QED) is 0.306. The van der Waals surface area contributed by atoms with Gasteiger partial charge in [0.15, 0.2) is 0 Å². The largest absolute Gasteiger partial charge is 0.271 e. The second kappa shape index (κ2) is 3.40. The van der Waals surface area contributed by atoms with Gasteiger partial charge in [-0.05, 0) is 6.92 Å². The Labute approximate surface area is 48.1 Å². The number of hydroxylamine groups is 1. The molecule has 0 spiro atoms. The molecule has 4 heteroatoms. The van der Waals surface area contributed by atoms with Gasteiger partial charge in [0.25, 0.3) is 5.91 Å². The van der Waals surface area contributed by atoms with E-state index in [0.717, 1.165) is 0 Å². The molecule has 1 amide bonds. The van der Waals surface area contributed by atoms with Crippen molar-refractivity contribution in [3.63, 3.8) is 0 Å². The van der Waals surface area contributed by atoms with Crippen LogP contribution in [0.1, 0.15) is 13.8 Å². The molecule has 0 aromatic rings. The summed E-state index contributed by atoms with van der Waals surface area (Å²) in [6.45, 7) is 3.49. The first-order chi connectivity index (χ1) is 3.68. The first-order valence-electron chi connectivity index (χ1n) is 2.36. The molecule has 0 rings (SSSR count). The van der Waals surface area contributed by atoms with Gasteiger partial charge in [-0.15, -0.1) is 0 Å². The minimum Gasteiger partial charge on any atom is -0.271 e. The molecule has 0 aliphatic rings. The Hall–Kier alpha value is -0.610. The van der Waals surface area contributed by atoms with Crippen LogP contribution in [0.15, 0.2) is 0 Å². The molecule has 0 saturated heterocycles. The first-order valence-corrected chi connectivity index (χ1v) is 2.36. The summed E-state index contributed by atoms with van der Waals surface area (Å²) in [5.74, 6) is 4.69. The van der Waals surface area contributed by atoms with Crippen molar-refractivity contribution in [1.82, 2.24) is 5.17 Å². The second-order valence-electron chi connectivity index (χ2n) is 1.26. The standard InChI is InChI=1S/C4H10N2O2/c1-3-8-6(5)4(2)7/h3,5H2,1-2H3. The van der Waals surface area contributed by atoms with Gasteiger partial charge in [-0.2, -0.15) is 5.17 Å². The lowest BCUT2D eigenvalue weighted by Gasteiger charge is -2.10. The number of hydrogen-bond acceptors (Lipinski definition) is 3. The number of hydrazine groups is 1. The van der Waals surface area contributed by atoms with Crippen molar-refractivity contribution in [2.24, 2.45) is 5.84 Å². The summed E-state index contributed by atoms with van der Waals surface area (Å²) in [6.07, 6.45) is 0. The van der Waals surface area contributed by atoms with Crippen molar-refractivity contribution < 1.29 is 9.63 Å². The Morgan fingerprint density at radius 1 is 1.88 bits per heavy atom. The molecule has 0 radical (unpaired) electrons. The summed E-state index contributed by atoms with van der Waals surface area (Å²) in [5.41, 5.74) is 0. The van der Waals surface area contributed by atoms with Gasteiger partial charge in [-0.3, -0.25) is 9.63 Å². The highest BCUT2D eigenvalue weighted by molar-refractivity contribution is 5.71. The SMILES string of the molecule is CCON(N)C(C)=O. The molecule has 0 fully saturated rings. The highest BCUT2D eigenvalue weighted by atomic mass is 16.7. The zero-order valence-electron chi connectivity index (χ0n) is 5.05. The van der Waals surface area contributed by atoms with E-state index in [2.05, 4.69) is 4.84 Å². The Balaban J connectivity index is 3.32. The summed E-state index contributed by atoms with van der Waals surface area (Å²) < 4.78 is 0. The van der Waals surface area contributed by atoms with E-state index in [0.29, 0.717) is 11.8 Å². The molecule has 0 atom stereocenters. The highest BCUT2D eigenvalue weighted by Gasteiger charge is 1.98. The van der Waals surface area contributed by atoms with Crippen LogP contribution in [-0.2, 0) is 9.63 Å². The minimum absolute atomic E-state index is 0.299. The number of carbonyl (C=O) groups excluding carboxylic acids is 1. The predicted molar refractivity (Wildman–Crippen MR) is 28.3 cm³/mol. The highest BCUT2D eigenvalue weighted by Crippen LogP contribution is 1.78. The van der Waals surface area contributed by atoms with Crippen molar-refractivity contribution in [2.45, 2.75) is 13.8 Å². The molecule has 0 heterocycles. The molecule has 0 aliphatic carbocycles. The second-order valence-corrected chi connectivity index (χ2v) is 1.26. The lowest BCUT2D eigenvalue weighted by atomic mass is 10.7. The summed E-state index contributed by atoms with van der Waals surface area (Å²) >= 11 is 0. The average Bonchev–Trinajstić information content (AvgIpc) is 1.67. The molecule has 0 aromatic heterocycles. The lowest BCUT2D eigenvalue weighted by Crippen LogP contribution is -2.35. The zero-order chi connectivity index (χ0) is 6.57. The van der Waals surface area contributed by atoms with E-state index >= 15 is 0 Å². The molecule has 0 saturated carbocycles. The van der Waals surface area contributed by atoms with Crippen LogP contribution in [0, 0.1) is 0 Å². The van der Waals surface area contributed by atoms with Crippen molar-refractivity contribution in [3.8, 4) is 0 Å². The van der Waals surface area contributed by atoms with Crippen LogP contribution in [0.25, 0.3) is 0 Å². The maximum absolute atomic E-state index is 10.2. The Morgan fingerprint density at radius 3 is 2.50 bits per heavy atom. The van der Waals surface area contributed by atoms with E-state index in [-0.39, 0.29) is 5.91 Å². The maximum Gasteiger partial charge on any atom is 0.257 e. The van der Waals surface area contributed by atoms with Gasteiger partial charge in [0.1, 0.15) is 0 Å². The van der Waals surface area contributed by atoms with Gasteiger partial charge < -0.3 is 0 Å². The molecule has 48 valence electrons. The minimum atomic E-state index is -0.299. The molecule has 4 nitrogen and oxygen atoms in total. The van der Waals surface area contributed by atoms with Crippen LogP contribution in [-0.4, -0.2) is 17.7 Å². The fourth-order valence-electron chi connectivity index (χ4n) is 0.230. The lowest BCUT2D eigenvalue weighted by molar-refractivity contribution is -0.183. The van der Waals surface area contributed by atoms with Crippen LogP contribution in [0.5, 0.6) is 0 Å². The summed E-state index contributed by atoms with van der Waals surface area (Å²) in [6, 6.07) is 0. The van der Waals surface area contributed by atoms with E-state index in [1.165, 1.54) is 6.92 Å². The van der Waals surface area contributed by atoms with Crippen molar-refractivity contribution in [2.75, 3.05) is 6.61 Å². The van der Waals surface area contributed by atoms with Crippen LogP contribution in [0.4, 0.5) is 0 Å². The zero-order valence-corrected chi connectivity index (χ0v) is 5.05. The molecule has 0 bridgehead atoms. The summed E-state index contributed by atoms with van der Waals surface area (Å²) in [4.78, 5) is 14.8. The number of amides is 1. The molecular weight excluding hydrogens is 108 g/mol. The molecule has 8 heavy (non-hydrogen) atoms. The van der Waals surface area contributed by atoms with Gasteiger partial charge in [-0.25, -0.2) is 5.84 Å². The van der Waals surface area contributed by atoms with E-state index < -0.39 is 0 Å². The van der Waals surface area contributed by atoms with Crippen LogP contribution in [0.3, 0.4) is 0 Å². The van der Waals surface area contributed by atoms with Gasteiger partial charge in [0.2, 0.25) is 0 Å². The third-order valence-corrected chi connectivity index (χ3v) is 0.579. The van der Waals surface area contributed by atoms with Crippen LogP contribution >= 0.6 is 0 Å². The number of nitrogens with two attached hydrogens (primary N) is 1. The fraction of sp³-hybridized carbons (Fsp3) is 0.750. The number of carbonyl (C=O) groups is 1. The van der Waals surface area contributed by atoms with E-state index in [1.54, 1.807) is 6.92 Å². The fourth-order valence-corrected chi connectivity index (χ4v) is 0.230. The summed E-state index contributed by atoms with van der Waals surface area (Å²) in [5, 5.41) is 0.708. The smallest absolute Gasteiger partial charge is 0.257 e. The Kier molecular flexibility index (Phi) is 3.14. The van der Waals surface area contributed by atoms with E-state index in [4.69, 9.17) is 5.84 Å². The average molecular weight is 118 g/mol. The van der Waals surface area contributed by atoms with Crippen molar-refractivity contribution in [3.05, 3.63) is 0 Å². The topological polar surface area (TPSA) is 55.6 Å². The van der Waals surface area contributed by atoms with Crippen LogP contribution < -0.4 is 5.84 Å². The molecule has 0 unspecified atom stereocenters. The molecular formula is C4H10N2O2. The van der Waals surface area contributed by atoms with Gasteiger partial charge in [-0.1, -0.05) is 0 Å². The number of nitrogens with zero attached hydrogens (tertiary/aromatic N) is 1. The van der Waals surface area contributed by atoms with Gasteiger partial charge in [0, 0.05) is 6.92 Å². The van der Waals surface area contributed by atoms with Crippen molar-refractivity contribution in [1.29, 1.82) is 0 Å². The number of hydrogen-bond donors (Lipinski definition) is 1. The monoisotopic (exact) mass is 118 g/mol. The van der Waals surface area contributed by atoms with Crippen molar-refractivity contribution >= 4 is 5.91 Å². The summed E-state index contributed by atoms with van der Waals surface area (Å²) in [7, 11) is 0. The van der Waals surface area contributed by atoms with E-state index in [9.17, 15) is 4.79 Å². The number of rotatable bonds is 2. The third-order valence-electron chi connectivity index (χ3n) is 0.579. The normalized spacial score (nSPS) is 8.88. The van der Waals surface area contributed by atoms with Gasteiger partial charge in [0.05, 0.1) is 6.61 Å². The first kappa shape index (κ1) is 7.39. The third kappa shape index (κ3) is 2.54. The van der Waals surface area contributed by atoms with Gasteiger partial charge >= 0.3 is 0 Å². The Morgan fingerprint density at radius 2 is 2.38 bits per heavy atom. The van der Waals surface area contributed by atoms with E-state index in [1.807, 2.05) is 0 Å². The molecule has 0 aromatic carbocycles. The molecule has 0 aliphatic heterocycles. The Bertz CT molecular complexity index is 84.1. The van der Waals surface area contributed by atoms with Crippen LogP contribution in [0.2, 0.25) is 0 Å².